The number of amides is 2. The van der Waals surface area contributed by atoms with Crippen LogP contribution in [-0.2, 0) is 14.4 Å². The van der Waals surface area contributed by atoms with Crippen molar-refractivity contribution in [2.45, 2.75) is 39.4 Å². The summed E-state index contributed by atoms with van der Waals surface area (Å²) in [6.45, 7) is 5.26. The van der Waals surface area contributed by atoms with Crippen LogP contribution in [0.4, 0.5) is 11.4 Å². The number of oxime groups is 1. The molecule has 0 radical (unpaired) electrons. The Labute approximate surface area is 208 Å². The van der Waals surface area contributed by atoms with Crippen LogP contribution in [0.5, 0.6) is 0 Å². The number of nitrogens with zero attached hydrogens (tertiary/aromatic N) is 1. The molecule has 0 unspecified atom stereocenters. The number of benzene rings is 3. The van der Waals surface area contributed by atoms with Gasteiger partial charge in [0.1, 0.15) is 6.10 Å². The topological polar surface area (TPSA) is 109 Å². The van der Waals surface area contributed by atoms with E-state index in [1.54, 1.807) is 32.2 Å². The van der Waals surface area contributed by atoms with Crippen molar-refractivity contribution in [1.29, 1.82) is 0 Å². The molecule has 1 heterocycles. The number of rotatable bonds is 9. The second-order valence-corrected chi connectivity index (χ2v) is 9.39. The van der Waals surface area contributed by atoms with Crippen LogP contribution in [-0.4, -0.2) is 48.6 Å². The van der Waals surface area contributed by atoms with E-state index in [2.05, 4.69) is 15.8 Å². The van der Waals surface area contributed by atoms with Gasteiger partial charge in [0.15, 0.2) is 6.61 Å². The Morgan fingerprint density at radius 3 is 2.63 bits per heavy atom. The average Bonchev–Trinajstić information content (AvgIpc) is 3.11. The van der Waals surface area contributed by atoms with Crippen molar-refractivity contribution in [3.8, 4) is 0 Å². The third-order valence-corrected chi connectivity index (χ3v) is 6.22. The van der Waals surface area contributed by atoms with Crippen LogP contribution >= 0.6 is 11.6 Å². The van der Waals surface area contributed by atoms with Gasteiger partial charge in [-0.2, -0.15) is 0 Å². The van der Waals surface area contributed by atoms with Crippen LogP contribution in [0.1, 0.15) is 37.6 Å². The molecule has 2 amide bonds. The SMILES string of the molecule is CO[C@H](/C(C[C@@H](C)O)=N/OCC(=O)Nc1ccc2c3c(cc4cccc(Cl)c4c13)C(=O)N2)C(C)C. The Balaban J connectivity index is 1.63. The Kier molecular flexibility index (Phi) is 7.25. The maximum atomic E-state index is 12.8. The minimum atomic E-state index is -0.634. The number of methoxy groups -OCH3 is 1. The number of carbonyl (C=O) groups excluding carboxylic acids is 2. The molecule has 0 spiro atoms. The number of carbonyl (C=O) groups is 2. The smallest absolute Gasteiger partial charge is 0.265 e. The molecule has 3 N–H and O–H groups in total. The van der Waals surface area contributed by atoms with Crippen molar-refractivity contribution in [2.24, 2.45) is 11.1 Å². The summed E-state index contributed by atoms with van der Waals surface area (Å²) >= 11 is 6.54. The van der Waals surface area contributed by atoms with Gasteiger partial charge in [0.2, 0.25) is 0 Å². The van der Waals surface area contributed by atoms with Gasteiger partial charge in [0.05, 0.1) is 17.4 Å². The molecule has 0 fully saturated rings. The second kappa shape index (κ2) is 10.2. The lowest BCUT2D eigenvalue weighted by atomic mass is 9.96. The zero-order chi connectivity index (χ0) is 25.3. The van der Waals surface area contributed by atoms with Crippen molar-refractivity contribution in [1.82, 2.24) is 0 Å². The number of hydrogen-bond donors (Lipinski definition) is 3. The first kappa shape index (κ1) is 24.9. The van der Waals surface area contributed by atoms with Crippen molar-refractivity contribution in [2.75, 3.05) is 24.4 Å². The predicted octanol–water partition coefficient (Wildman–Crippen LogP) is 4.97. The Bertz CT molecular complexity index is 1340. The highest BCUT2D eigenvalue weighted by atomic mass is 35.5. The van der Waals surface area contributed by atoms with Crippen LogP contribution in [0.25, 0.3) is 21.5 Å². The number of hydrogen-bond acceptors (Lipinski definition) is 6. The fourth-order valence-electron chi connectivity index (χ4n) is 4.53. The zero-order valence-corrected chi connectivity index (χ0v) is 20.8. The van der Waals surface area contributed by atoms with Crippen LogP contribution in [0.3, 0.4) is 0 Å². The van der Waals surface area contributed by atoms with Gasteiger partial charge in [-0.15, -0.1) is 0 Å². The molecule has 35 heavy (non-hydrogen) atoms. The van der Waals surface area contributed by atoms with Crippen molar-refractivity contribution in [3.05, 3.63) is 47.0 Å². The summed E-state index contributed by atoms with van der Waals surface area (Å²) in [5.41, 5.74) is 2.24. The van der Waals surface area contributed by atoms with Gasteiger partial charge in [-0.05, 0) is 42.5 Å². The molecule has 2 atom stereocenters. The summed E-state index contributed by atoms with van der Waals surface area (Å²) < 4.78 is 5.50. The summed E-state index contributed by atoms with van der Waals surface area (Å²) in [6.07, 6.45) is -0.716. The number of halogens is 1. The number of aliphatic hydroxyl groups is 1. The standard InChI is InChI=1S/C26H28ClN3O5/c1-13(2)25(34-4)20(10-14(3)31)30-35-12-21(32)28-19-9-8-18-23-16(26(33)29-18)11-15-6-5-7-17(27)22(15)24(19)23/h5-9,11,13-14,25,31H,10,12H2,1-4H3,(H,28,32)(H,29,33)/b30-20+/t14-,25+/m1/s1. The quantitative estimate of drug-likeness (QED) is 0.220. The largest absolute Gasteiger partial charge is 0.393 e. The van der Waals surface area contributed by atoms with E-state index in [-0.39, 0.29) is 31.0 Å². The fraction of sp³-hybridized carbons (Fsp3) is 0.346. The molecular formula is C26H28ClN3O5. The zero-order valence-electron chi connectivity index (χ0n) is 20.0. The van der Waals surface area contributed by atoms with Gasteiger partial charge in [0, 0.05) is 46.1 Å². The molecule has 3 aromatic rings. The third kappa shape index (κ3) is 4.96. The lowest BCUT2D eigenvalue weighted by Gasteiger charge is -2.21. The molecular weight excluding hydrogens is 470 g/mol. The van der Waals surface area contributed by atoms with Crippen molar-refractivity contribution >= 4 is 62.0 Å². The molecule has 8 nitrogen and oxygen atoms in total. The summed E-state index contributed by atoms with van der Waals surface area (Å²) in [7, 11) is 1.57. The van der Waals surface area contributed by atoms with Crippen LogP contribution < -0.4 is 10.6 Å². The normalized spacial score (nSPS) is 14.9. The maximum Gasteiger partial charge on any atom is 0.265 e. The maximum absolute atomic E-state index is 12.8. The number of nitrogens with one attached hydrogen (secondary N) is 2. The Morgan fingerprint density at radius 2 is 1.94 bits per heavy atom. The summed E-state index contributed by atoms with van der Waals surface area (Å²) in [5.74, 6) is -0.517. The van der Waals surface area contributed by atoms with Gasteiger partial charge in [-0.1, -0.05) is 42.7 Å². The molecule has 4 rings (SSSR count). The van der Waals surface area contributed by atoms with E-state index in [9.17, 15) is 14.7 Å². The van der Waals surface area contributed by atoms with Crippen LogP contribution in [0, 0.1) is 5.92 Å². The number of anilines is 2. The number of aliphatic hydroxyl groups excluding tert-OH is 1. The molecule has 1 aliphatic rings. The summed E-state index contributed by atoms with van der Waals surface area (Å²) in [5, 5.41) is 23.1. The predicted molar refractivity (Wildman–Crippen MR) is 138 cm³/mol. The van der Waals surface area contributed by atoms with Crippen LogP contribution in [0.15, 0.2) is 41.6 Å². The van der Waals surface area contributed by atoms with E-state index in [1.165, 1.54) is 0 Å². The molecule has 0 bridgehead atoms. The van der Waals surface area contributed by atoms with Crippen LogP contribution in [0.2, 0.25) is 5.02 Å². The van der Waals surface area contributed by atoms with Gasteiger partial charge in [-0.3, -0.25) is 9.59 Å². The van der Waals surface area contributed by atoms with E-state index in [0.29, 0.717) is 38.4 Å². The average molecular weight is 498 g/mol. The first-order chi connectivity index (χ1) is 16.7. The second-order valence-electron chi connectivity index (χ2n) is 8.98. The molecule has 1 aliphatic heterocycles. The Hall–Kier alpha value is -3.20. The van der Waals surface area contributed by atoms with Gasteiger partial charge in [0.25, 0.3) is 11.8 Å². The van der Waals surface area contributed by atoms with E-state index < -0.39 is 12.0 Å². The monoisotopic (exact) mass is 497 g/mol. The van der Waals surface area contributed by atoms with Gasteiger partial charge < -0.3 is 25.3 Å². The molecule has 0 saturated carbocycles. The highest BCUT2D eigenvalue weighted by Gasteiger charge is 2.26. The first-order valence-electron chi connectivity index (χ1n) is 11.4. The van der Waals surface area contributed by atoms with Gasteiger partial charge >= 0.3 is 0 Å². The molecule has 3 aromatic carbocycles. The number of ether oxygens (including phenoxy) is 1. The van der Waals surface area contributed by atoms with Gasteiger partial charge in [-0.25, -0.2) is 0 Å². The molecule has 0 saturated heterocycles. The highest BCUT2D eigenvalue weighted by molar-refractivity contribution is 6.41. The van der Waals surface area contributed by atoms with E-state index in [1.807, 2.05) is 32.0 Å². The fourth-order valence-corrected chi connectivity index (χ4v) is 4.81. The highest BCUT2D eigenvalue weighted by Crippen LogP contribution is 2.43. The van der Waals surface area contributed by atoms with Crippen molar-refractivity contribution in [3.63, 3.8) is 0 Å². The van der Waals surface area contributed by atoms with Crippen molar-refractivity contribution < 1.29 is 24.3 Å². The lowest BCUT2D eigenvalue weighted by Crippen LogP contribution is -2.31. The van der Waals surface area contributed by atoms with E-state index in [0.717, 1.165) is 10.8 Å². The minimum absolute atomic E-state index is 0.109. The van der Waals surface area contributed by atoms with E-state index >= 15 is 0 Å². The summed E-state index contributed by atoms with van der Waals surface area (Å²) in [4.78, 5) is 30.7. The minimum Gasteiger partial charge on any atom is -0.393 e. The molecule has 0 aromatic heterocycles. The number of fused-ring (bicyclic) bond motifs is 2. The molecule has 184 valence electrons. The summed E-state index contributed by atoms with van der Waals surface area (Å²) in [6, 6.07) is 10.8. The molecule has 0 aliphatic carbocycles. The third-order valence-electron chi connectivity index (χ3n) is 5.91. The Morgan fingerprint density at radius 1 is 1.17 bits per heavy atom. The van der Waals surface area contributed by atoms with E-state index in [4.69, 9.17) is 21.2 Å². The first-order valence-corrected chi connectivity index (χ1v) is 11.8. The lowest BCUT2D eigenvalue weighted by molar-refractivity contribution is -0.120. The molecule has 9 heteroatoms.